The van der Waals surface area contributed by atoms with Crippen molar-refractivity contribution in [2.45, 2.75) is 12.5 Å². The van der Waals surface area contributed by atoms with Crippen LogP contribution in [-0.4, -0.2) is 11.9 Å². The van der Waals surface area contributed by atoms with Crippen molar-refractivity contribution in [3.63, 3.8) is 0 Å². The first-order chi connectivity index (χ1) is 7.67. The van der Waals surface area contributed by atoms with Crippen LogP contribution >= 0.6 is 0 Å². The average Bonchev–Trinajstić information content (AvgIpc) is 2.30. The molecule has 0 bridgehead atoms. The van der Waals surface area contributed by atoms with Gasteiger partial charge in [0.05, 0.1) is 17.7 Å². The minimum Gasteiger partial charge on any atom is -0.325 e. The van der Waals surface area contributed by atoms with E-state index < -0.39 is 6.04 Å². The van der Waals surface area contributed by atoms with Crippen molar-refractivity contribution in [2.75, 3.05) is 5.32 Å². The number of benzene rings is 1. The van der Waals surface area contributed by atoms with E-state index in [1.165, 1.54) is 0 Å². The molecule has 4 heteroatoms. The highest BCUT2D eigenvalue weighted by Crippen LogP contribution is 2.09. The summed E-state index contributed by atoms with van der Waals surface area (Å²) in [5.74, 6) is -0.260. The summed E-state index contributed by atoms with van der Waals surface area (Å²) in [6, 6.07) is 8.00. The molecule has 0 radical (unpaired) electrons. The Bertz CT molecular complexity index is 417. The summed E-state index contributed by atoms with van der Waals surface area (Å²) in [5.41, 5.74) is 6.77. The van der Waals surface area contributed by atoms with E-state index >= 15 is 0 Å². The Morgan fingerprint density at radius 1 is 1.56 bits per heavy atom. The summed E-state index contributed by atoms with van der Waals surface area (Å²) in [5, 5.41) is 11.3. The van der Waals surface area contributed by atoms with Crippen molar-refractivity contribution < 1.29 is 4.79 Å². The van der Waals surface area contributed by atoms with Gasteiger partial charge in [0.2, 0.25) is 5.91 Å². The van der Waals surface area contributed by atoms with Gasteiger partial charge < -0.3 is 11.1 Å². The molecule has 0 aliphatic heterocycles. The molecular weight excluding hydrogens is 202 g/mol. The normalized spacial score (nSPS) is 11.2. The fourth-order valence-corrected chi connectivity index (χ4v) is 1.15. The molecule has 0 aromatic heterocycles. The summed E-state index contributed by atoms with van der Waals surface area (Å²) >= 11 is 0. The average molecular weight is 215 g/mol. The lowest BCUT2D eigenvalue weighted by atomic mass is 10.2. The molecule has 1 aromatic carbocycles. The van der Waals surface area contributed by atoms with Crippen molar-refractivity contribution in [1.82, 2.24) is 0 Å². The zero-order valence-corrected chi connectivity index (χ0v) is 8.81. The van der Waals surface area contributed by atoms with Gasteiger partial charge in [0.25, 0.3) is 0 Å². The van der Waals surface area contributed by atoms with Crippen molar-refractivity contribution in [3.8, 4) is 6.07 Å². The molecule has 1 unspecified atom stereocenters. The molecule has 16 heavy (non-hydrogen) atoms. The van der Waals surface area contributed by atoms with Gasteiger partial charge in [0, 0.05) is 5.69 Å². The number of carbonyl (C=O) groups excluding carboxylic acids is 1. The molecule has 0 saturated heterocycles. The van der Waals surface area contributed by atoms with Crippen LogP contribution < -0.4 is 11.1 Å². The molecule has 0 fully saturated rings. The number of nitrogens with one attached hydrogen (secondary N) is 1. The van der Waals surface area contributed by atoms with E-state index in [2.05, 4.69) is 11.9 Å². The molecule has 0 saturated carbocycles. The molecule has 4 nitrogen and oxygen atoms in total. The first-order valence-electron chi connectivity index (χ1n) is 4.85. The smallest absolute Gasteiger partial charge is 0.241 e. The Morgan fingerprint density at radius 2 is 2.19 bits per heavy atom. The monoisotopic (exact) mass is 215 g/mol. The Balaban J connectivity index is 2.63. The van der Waals surface area contributed by atoms with Gasteiger partial charge in [0.1, 0.15) is 0 Å². The lowest BCUT2D eigenvalue weighted by Crippen LogP contribution is -2.35. The van der Waals surface area contributed by atoms with Crippen LogP contribution in [0.5, 0.6) is 0 Å². The predicted octanol–water partition coefficient (Wildman–Crippen LogP) is 1.40. The fourth-order valence-electron chi connectivity index (χ4n) is 1.15. The van der Waals surface area contributed by atoms with E-state index in [0.29, 0.717) is 17.7 Å². The van der Waals surface area contributed by atoms with Crippen LogP contribution in [-0.2, 0) is 4.79 Å². The number of rotatable bonds is 4. The molecule has 0 aliphatic carbocycles. The summed E-state index contributed by atoms with van der Waals surface area (Å²) in [6.45, 7) is 3.52. The third kappa shape index (κ3) is 3.23. The van der Waals surface area contributed by atoms with Gasteiger partial charge in [0.15, 0.2) is 0 Å². The lowest BCUT2D eigenvalue weighted by molar-refractivity contribution is -0.117. The Morgan fingerprint density at radius 3 is 2.69 bits per heavy atom. The van der Waals surface area contributed by atoms with Crippen molar-refractivity contribution >= 4 is 11.6 Å². The highest BCUT2D eigenvalue weighted by molar-refractivity contribution is 5.94. The van der Waals surface area contributed by atoms with Gasteiger partial charge in [-0.3, -0.25) is 4.79 Å². The molecule has 1 atom stereocenters. The first-order valence-corrected chi connectivity index (χ1v) is 4.85. The predicted molar refractivity (Wildman–Crippen MR) is 62.6 cm³/mol. The molecule has 82 valence electrons. The van der Waals surface area contributed by atoms with Crippen LogP contribution in [0.2, 0.25) is 0 Å². The Hall–Kier alpha value is -2.12. The fraction of sp³-hybridized carbons (Fsp3) is 0.167. The highest BCUT2D eigenvalue weighted by Gasteiger charge is 2.11. The maximum absolute atomic E-state index is 11.5. The number of amides is 1. The number of nitrogens with two attached hydrogens (primary N) is 1. The number of nitrogens with zero attached hydrogens (tertiary/aromatic N) is 1. The second-order valence-corrected chi connectivity index (χ2v) is 3.31. The van der Waals surface area contributed by atoms with Gasteiger partial charge in [-0.1, -0.05) is 6.08 Å². The van der Waals surface area contributed by atoms with Crippen LogP contribution in [0.1, 0.15) is 12.0 Å². The maximum Gasteiger partial charge on any atom is 0.241 e. The van der Waals surface area contributed by atoms with Gasteiger partial charge in [-0.25, -0.2) is 0 Å². The minimum absolute atomic E-state index is 0.260. The first kappa shape index (κ1) is 12.0. The third-order valence-electron chi connectivity index (χ3n) is 2.04. The molecule has 0 aliphatic rings. The maximum atomic E-state index is 11.5. The molecule has 3 N–H and O–H groups in total. The zero-order valence-electron chi connectivity index (χ0n) is 8.81. The third-order valence-corrected chi connectivity index (χ3v) is 2.04. The largest absolute Gasteiger partial charge is 0.325 e. The number of hydrogen-bond donors (Lipinski definition) is 2. The van der Waals surface area contributed by atoms with Gasteiger partial charge in [-0.05, 0) is 30.7 Å². The number of hydrogen-bond acceptors (Lipinski definition) is 3. The molecule has 1 aromatic rings. The zero-order chi connectivity index (χ0) is 12.0. The van der Waals surface area contributed by atoms with Crippen molar-refractivity contribution in [2.24, 2.45) is 5.73 Å². The number of anilines is 1. The standard InChI is InChI=1S/C12H13N3O/c1-2-3-11(14)12(16)15-10-6-4-9(8-13)5-7-10/h2,4-7,11H,1,3,14H2,(H,15,16). The lowest BCUT2D eigenvalue weighted by Gasteiger charge is -2.09. The van der Waals surface area contributed by atoms with E-state index in [0.717, 1.165) is 0 Å². The molecule has 1 amide bonds. The SMILES string of the molecule is C=CCC(N)C(=O)Nc1ccc(C#N)cc1. The summed E-state index contributed by atoms with van der Waals surface area (Å²) in [4.78, 5) is 11.5. The van der Waals surface area contributed by atoms with E-state index in [1.54, 1.807) is 30.3 Å². The topological polar surface area (TPSA) is 78.9 Å². The van der Waals surface area contributed by atoms with Crippen molar-refractivity contribution in [3.05, 3.63) is 42.5 Å². The number of nitriles is 1. The molecule has 0 heterocycles. The Kier molecular flexibility index (Phi) is 4.25. The van der Waals surface area contributed by atoms with Gasteiger partial charge >= 0.3 is 0 Å². The van der Waals surface area contributed by atoms with Gasteiger partial charge in [-0.2, -0.15) is 5.26 Å². The van der Waals surface area contributed by atoms with E-state index in [9.17, 15) is 4.79 Å². The van der Waals surface area contributed by atoms with Crippen LogP contribution in [0, 0.1) is 11.3 Å². The van der Waals surface area contributed by atoms with E-state index in [-0.39, 0.29) is 5.91 Å². The molecular formula is C12H13N3O. The van der Waals surface area contributed by atoms with Crippen LogP contribution in [0.3, 0.4) is 0 Å². The van der Waals surface area contributed by atoms with E-state index in [1.807, 2.05) is 6.07 Å². The highest BCUT2D eigenvalue weighted by atomic mass is 16.2. The summed E-state index contributed by atoms with van der Waals surface area (Å²) in [7, 11) is 0. The Labute approximate surface area is 94.4 Å². The molecule has 1 rings (SSSR count). The van der Waals surface area contributed by atoms with Crippen LogP contribution in [0.25, 0.3) is 0 Å². The van der Waals surface area contributed by atoms with Crippen molar-refractivity contribution in [1.29, 1.82) is 5.26 Å². The summed E-state index contributed by atoms with van der Waals surface area (Å²) in [6.07, 6.45) is 2.03. The number of carbonyl (C=O) groups is 1. The second-order valence-electron chi connectivity index (χ2n) is 3.31. The minimum atomic E-state index is -0.590. The van der Waals surface area contributed by atoms with Crippen LogP contribution in [0.15, 0.2) is 36.9 Å². The van der Waals surface area contributed by atoms with E-state index in [4.69, 9.17) is 11.0 Å². The summed E-state index contributed by atoms with van der Waals surface area (Å²) < 4.78 is 0. The van der Waals surface area contributed by atoms with Gasteiger partial charge in [-0.15, -0.1) is 6.58 Å². The van der Waals surface area contributed by atoms with Crippen LogP contribution in [0.4, 0.5) is 5.69 Å². The molecule has 0 spiro atoms. The second kappa shape index (κ2) is 5.69. The quantitative estimate of drug-likeness (QED) is 0.745.